The highest BCUT2D eigenvalue weighted by Crippen LogP contribution is 2.22. The Kier molecular flexibility index (Phi) is 55.8. The van der Waals surface area contributed by atoms with E-state index in [1.807, 2.05) is 0 Å². The molecule has 0 aromatic carbocycles. The fourth-order valence-electron chi connectivity index (χ4n) is 10.1. The summed E-state index contributed by atoms with van der Waals surface area (Å²) >= 11 is 0. The van der Waals surface area contributed by atoms with Gasteiger partial charge in [0.05, 0.1) is 12.0 Å². The van der Waals surface area contributed by atoms with Gasteiger partial charge in [0.25, 0.3) is 0 Å². The van der Waals surface area contributed by atoms with E-state index in [2.05, 4.69) is 26.0 Å². The van der Waals surface area contributed by atoms with E-state index >= 15 is 0 Å². The normalized spacial score (nSPS) is 12.8. The summed E-state index contributed by atoms with van der Waals surface area (Å²) in [6.07, 6.45) is 76.8. The van der Waals surface area contributed by atoms with Crippen LogP contribution in [0.4, 0.5) is 0 Å². The van der Waals surface area contributed by atoms with Crippen molar-refractivity contribution in [2.45, 2.75) is 367 Å². The zero-order valence-corrected chi connectivity index (χ0v) is 44.3. The fourth-order valence-corrected chi connectivity index (χ4v) is 10.1. The van der Waals surface area contributed by atoms with Gasteiger partial charge in [-0.15, -0.1) is 0 Å². The molecular formula is C61H120O3. The smallest absolute Gasteiger partial charge is 0.309 e. The second-order valence-electron chi connectivity index (χ2n) is 21.1. The second kappa shape index (κ2) is 56.5. The summed E-state index contributed by atoms with van der Waals surface area (Å²) < 4.78 is 0. The summed E-state index contributed by atoms with van der Waals surface area (Å²) in [5.41, 5.74) is 0. The summed E-state index contributed by atoms with van der Waals surface area (Å²) in [6.45, 7) is 4.60. The largest absolute Gasteiger partial charge is 0.481 e. The quantitative estimate of drug-likeness (QED) is 0.0472. The van der Waals surface area contributed by atoms with E-state index < -0.39 is 18.0 Å². The van der Waals surface area contributed by atoms with E-state index in [4.69, 9.17) is 0 Å². The number of rotatable bonds is 57. The fraction of sp³-hybridized carbons (Fsp3) is 0.951. The van der Waals surface area contributed by atoms with Crippen molar-refractivity contribution < 1.29 is 15.0 Å². The van der Waals surface area contributed by atoms with Gasteiger partial charge in [-0.05, 0) is 38.5 Å². The molecule has 0 aromatic heterocycles. The highest BCUT2D eigenvalue weighted by Gasteiger charge is 2.25. The number of allylic oxidation sites excluding steroid dienone is 2. The topological polar surface area (TPSA) is 57.5 Å². The standard InChI is InChI=1S/C61H120O3/c1-3-5-7-9-11-13-15-17-19-21-23-25-27-28-29-30-31-32-33-34-35-36-38-40-42-44-46-48-50-52-54-56-58-60(62)59(61(63)64)57-55-53-51-49-47-45-43-41-39-37-26-24-22-20-18-16-14-12-10-8-6-4-2/h34-35,59-60,62H,3-33,36-58H2,1-2H3,(H,63,64)/b35-34-. The monoisotopic (exact) mass is 901 g/mol. The molecule has 2 atom stereocenters. The van der Waals surface area contributed by atoms with Crippen LogP contribution in [0.5, 0.6) is 0 Å². The van der Waals surface area contributed by atoms with Crippen molar-refractivity contribution in [2.75, 3.05) is 0 Å². The maximum absolute atomic E-state index is 11.9. The molecule has 0 saturated carbocycles. The number of unbranched alkanes of at least 4 members (excludes halogenated alkanes) is 49. The number of carboxylic acids is 1. The Morgan fingerprint density at radius 3 is 0.703 bits per heavy atom. The lowest BCUT2D eigenvalue weighted by atomic mass is 9.91. The predicted octanol–water partition coefficient (Wildman–Crippen LogP) is 21.7. The molecule has 0 aliphatic heterocycles. The van der Waals surface area contributed by atoms with Gasteiger partial charge in [-0.1, -0.05) is 334 Å². The maximum Gasteiger partial charge on any atom is 0.309 e. The first-order chi connectivity index (χ1) is 31.6. The lowest BCUT2D eigenvalue weighted by Crippen LogP contribution is -2.28. The van der Waals surface area contributed by atoms with Crippen molar-refractivity contribution in [3.63, 3.8) is 0 Å². The Balaban J connectivity index is 3.40. The molecule has 0 bridgehead atoms. The first-order valence-corrected chi connectivity index (χ1v) is 30.2. The maximum atomic E-state index is 11.9. The predicted molar refractivity (Wildman–Crippen MR) is 287 cm³/mol. The molecule has 2 N–H and O–H groups in total. The van der Waals surface area contributed by atoms with E-state index in [1.165, 1.54) is 308 Å². The average molecular weight is 902 g/mol. The Morgan fingerprint density at radius 2 is 0.484 bits per heavy atom. The van der Waals surface area contributed by atoms with Crippen molar-refractivity contribution in [3.05, 3.63) is 12.2 Å². The summed E-state index contributed by atoms with van der Waals surface area (Å²) in [7, 11) is 0. The third-order valence-corrected chi connectivity index (χ3v) is 14.7. The van der Waals surface area contributed by atoms with Crippen LogP contribution in [0.25, 0.3) is 0 Å². The van der Waals surface area contributed by atoms with Gasteiger partial charge in [0.1, 0.15) is 0 Å². The van der Waals surface area contributed by atoms with Gasteiger partial charge in [-0.3, -0.25) is 4.79 Å². The van der Waals surface area contributed by atoms with Gasteiger partial charge in [0, 0.05) is 0 Å². The Bertz CT molecular complexity index is 883. The van der Waals surface area contributed by atoms with Crippen LogP contribution < -0.4 is 0 Å². The van der Waals surface area contributed by atoms with Crippen molar-refractivity contribution >= 4 is 5.97 Å². The number of carbonyl (C=O) groups is 1. The molecule has 0 spiro atoms. The summed E-state index contributed by atoms with van der Waals surface area (Å²) in [5, 5.41) is 20.4. The minimum absolute atomic E-state index is 0.584. The zero-order valence-electron chi connectivity index (χ0n) is 44.3. The Hall–Kier alpha value is -0.830. The van der Waals surface area contributed by atoms with Crippen LogP contribution in [0.15, 0.2) is 12.2 Å². The molecule has 0 saturated heterocycles. The van der Waals surface area contributed by atoms with Crippen LogP contribution in [0.2, 0.25) is 0 Å². The molecule has 382 valence electrons. The van der Waals surface area contributed by atoms with Gasteiger partial charge in [0.15, 0.2) is 0 Å². The van der Waals surface area contributed by atoms with Gasteiger partial charge in [-0.25, -0.2) is 0 Å². The molecule has 0 radical (unpaired) electrons. The second-order valence-corrected chi connectivity index (χ2v) is 21.1. The van der Waals surface area contributed by atoms with Gasteiger partial charge >= 0.3 is 5.97 Å². The zero-order chi connectivity index (χ0) is 46.3. The molecule has 0 aromatic rings. The van der Waals surface area contributed by atoms with Gasteiger partial charge in [-0.2, -0.15) is 0 Å². The minimum atomic E-state index is -0.803. The molecule has 0 amide bonds. The van der Waals surface area contributed by atoms with Gasteiger partial charge < -0.3 is 10.2 Å². The number of carboxylic acid groups (broad SMARTS) is 1. The molecule has 0 fully saturated rings. The molecule has 0 aliphatic rings. The van der Waals surface area contributed by atoms with Crippen LogP contribution in [-0.4, -0.2) is 22.3 Å². The summed E-state index contributed by atoms with van der Waals surface area (Å²) in [4.78, 5) is 11.9. The lowest BCUT2D eigenvalue weighted by molar-refractivity contribution is -0.146. The highest BCUT2D eigenvalue weighted by atomic mass is 16.4. The minimum Gasteiger partial charge on any atom is -0.481 e. The van der Waals surface area contributed by atoms with Gasteiger partial charge in [0.2, 0.25) is 0 Å². The summed E-state index contributed by atoms with van der Waals surface area (Å²) in [6, 6.07) is 0. The number of aliphatic carboxylic acids is 1. The molecular weight excluding hydrogens is 781 g/mol. The van der Waals surface area contributed by atoms with E-state index in [-0.39, 0.29) is 0 Å². The van der Waals surface area contributed by atoms with E-state index in [0.29, 0.717) is 12.8 Å². The molecule has 0 heterocycles. The first-order valence-electron chi connectivity index (χ1n) is 30.2. The van der Waals surface area contributed by atoms with Crippen LogP contribution >= 0.6 is 0 Å². The van der Waals surface area contributed by atoms with Crippen LogP contribution in [0, 0.1) is 5.92 Å². The average Bonchev–Trinajstić information content (AvgIpc) is 3.29. The van der Waals surface area contributed by atoms with Crippen LogP contribution in [0.3, 0.4) is 0 Å². The Morgan fingerprint density at radius 1 is 0.297 bits per heavy atom. The number of aliphatic hydroxyl groups is 1. The summed E-state index contributed by atoms with van der Waals surface area (Å²) in [5.74, 6) is -1.39. The van der Waals surface area contributed by atoms with E-state index in [1.54, 1.807) is 0 Å². The third-order valence-electron chi connectivity index (χ3n) is 14.7. The molecule has 0 aliphatic carbocycles. The van der Waals surface area contributed by atoms with E-state index in [9.17, 15) is 15.0 Å². The molecule has 3 heteroatoms. The molecule has 64 heavy (non-hydrogen) atoms. The van der Waals surface area contributed by atoms with Crippen molar-refractivity contribution in [1.29, 1.82) is 0 Å². The van der Waals surface area contributed by atoms with Crippen LogP contribution in [-0.2, 0) is 4.79 Å². The number of hydrogen-bond donors (Lipinski definition) is 2. The van der Waals surface area contributed by atoms with Crippen molar-refractivity contribution in [1.82, 2.24) is 0 Å². The molecule has 2 unspecified atom stereocenters. The van der Waals surface area contributed by atoms with Crippen LogP contribution in [0.1, 0.15) is 361 Å². The third kappa shape index (κ3) is 52.1. The molecule has 0 rings (SSSR count). The number of aliphatic hydroxyl groups excluding tert-OH is 1. The first kappa shape index (κ1) is 63.2. The van der Waals surface area contributed by atoms with E-state index in [0.717, 1.165) is 25.7 Å². The Labute approximate surface area is 404 Å². The molecule has 3 nitrogen and oxygen atoms in total. The number of hydrogen-bond acceptors (Lipinski definition) is 2. The van der Waals surface area contributed by atoms with Crippen molar-refractivity contribution in [3.8, 4) is 0 Å². The van der Waals surface area contributed by atoms with Crippen molar-refractivity contribution in [2.24, 2.45) is 5.92 Å². The highest BCUT2D eigenvalue weighted by molar-refractivity contribution is 5.70. The lowest BCUT2D eigenvalue weighted by Gasteiger charge is -2.19. The SMILES string of the molecule is CCCCCCCCCCCCCCCCCCCC/C=C\CCCCCCCCCCCCC(O)C(CCCCCCCCCCCCCCCCCCCCCCCC)C(=O)O.